The van der Waals surface area contributed by atoms with Crippen molar-refractivity contribution in [2.45, 2.75) is 37.8 Å². The van der Waals surface area contributed by atoms with Crippen molar-refractivity contribution in [3.63, 3.8) is 0 Å². The van der Waals surface area contributed by atoms with E-state index in [9.17, 15) is 19.7 Å². The molecule has 0 aliphatic heterocycles. The summed E-state index contributed by atoms with van der Waals surface area (Å²) in [4.78, 5) is 35.2. The minimum Gasteiger partial charge on any atom is -0.480 e. The molecule has 9 heteroatoms. The fourth-order valence-corrected chi connectivity index (χ4v) is 3.66. The molecule has 1 heterocycles. The summed E-state index contributed by atoms with van der Waals surface area (Å²) >= 11 is 0.931. The van der Waals surface area contributed by atoms with Crippen LogP contribution in [0.1, 0.15) is 36.0 Å². The minimum absolute atomic E-state index is 0.00282. The maximum Gasteiger partial charge on any atom is 0.324 e. The highest BCUT2D eigenvalue weighted by Crippen LogP contribution is 2.34. The van der Waals surface area contributed by atoms with E-state index in [1.165, 1.54) is 24.3 Å². The second-order valence-corrected chi connectivity index (χ2v) is 7.38. The lowest BCUT2D eigenvalue weighted by atomic mass is 9.85. The van der Waals surface area contributed by atoms with E-state index in [1.807, 2.05) is 4.90 Å². The fraction of sp³-hybridized carbons (Fsp3) is 0.600. The molecule has 0 bridgehead atoms. The van der Waals surface area contributed by atoms with Gasteiger partial charge in [-0.2, -0.15) is 0 Å². The maximum atomic E-state index is 12.1. The lowest BCUT2D eigenvalue weighted by molar-refractivity contribution is -0.380. The Labute approximate surface area is 142 Å². The molecule has 2 saturated carbocycles. The Kier molecular flexibility index (Phi) is 4.81. The predicted molar refractivity (Wildman–Crippen MR) is 87.2 cm³/mol. The molecule has 2 fully saturated rings. The first-order valence-corrected chi connectivity index (χ1v) is 8.80. The van der Waals surface area contributed by atoms with Crippen molar-refractivity contribution in [1.82, 2.24) is 10.2 Å². The van der Waals surface area contributed by atoms with Crippen LogP contribution in [0, 0.1) is 16.0 Å². The molecule has 8 nitrogen and oxygen atoms in total. The van der Waals surface area contributed by atoms with Gasteiger partial charge in [-0.05, 0) is 31.6 Å². The number of rotatable bonds is 8. The Morgan fingerprint density at radius 3 is 2.67 bits per heavy atom. The smallest absolute Gasteiger partial charge is 0.324 e. The number of hydrogen-bond acceptors (Lipinski definition) is 6. The highest BCUT2D eigenvalue weighted by molar-refractivity contribution is 7.13. The van der Waals surface area contributed by atoms with Crippen molar-refractivity contribution in [3.05, 3.63) is 27.1 Å². The number of carboxylic acids is 1. The van der Waals surface area contributed by atoms with E-state index >= 15 is 0 Å². The summed E-state index contributed by atoms with van der Waals surface area (Å²) in [5, 5.41) is 24.0. The van der Waals surface area contributed by atoms with Crippen molar-refractivity contribution in [3.8, 4) is 0 Å². The van der Waals surface area contributed by atoms with E-state index in [4.69, 9.17) is 5.11 Å². The normalized spacial score (nSPS) is 22.9. The van der Waals surface area contributed by atoms with E-state index in [0.29, 0.717) is 11.5 Å². The predicted octanol–water partition coefficient (Wildman–Crippen LogP) is 1.71. The molecule has 0 unspecified atom stereocenters. The first kappa shape index (κ1) is 16.8. The number of carboxylic acid groups (broad SMARTS) is 1. The van der Waals surface area contributed by atoms with Gasteiger partial charge in [0.15, 0.2) is 0 Å². The quantitative estimate of drug-likeness (QED) is 0.543. The topological polar surface area (TPSA) is 113 Å². The van der Waals surface area contributed by atoms with E-state index < -0.39 is 10.9 Å². The third-order valence-corrected chi connectivity index (χ3v) is 5.40. The summed E-state index contributed by atoms with van der Waals surface area (Å²) in [6.45, 7) is 0.854. The van der Waals surface area contributed by atoms with Crippen molar-refractivity contribution >= 4 is 28.2 Å². The van der Waals surface area contributed by atoms with Crippen LogP contribution in [0.15, 0.2) is 11.4 Å². The molecule has 130 valence electrons. The third-order valence-electron chi connectivity index (χ3n) is 4.52. The van der Waals surface area contributed by atoms with Crippen molar-refractivity contribution in [2.75, 3.05) is 13.1 Å². The zero-order valence-corrected chi connectivity index (χ0v) is 13.8. The van der Waals surface area contributed by atoms with E-state index in [2.05, 4.69) is 5.32 Å². The number of amides is 1. The molecule has 2 aliphatic carbocycles. The van der Waals surface area contributed by atoms with Crippen molar-refractivity contribution in [1.29, 1.82) is 0 Å². The molecule has 0 spiro atoms. The Morgan fingerprint density at radius 1 is 1.42 bits per heavy atom. The number of thiophene rings is 1. The van der Waals surface area contributed by atoms with Gasteiger partial charge in [0.2, 0.25) is 0 Å². The molecule has 1 amide bonds. The van der Waals surface area contributed by atoms with Crippen LogP contribution in [-0.4, -0.2) is 52.0 Å². The van der Waals surface area contributed by atoms with Gasteiger partial charge < -0.3 is 10.4 Å². The average Bonchev–Trinajstić information content (AvgIpc) is 3.13. The number of nitrogens with one attached hydrogen (secondary N) is 1. The first-order valence-electron chi connectivity index (χ1n) is 7.92. The Hall–Kier alpha value is -2.00. The Morgan fingerprint density at radius 2 is 2.12 bits per heavy atom. The lowest BCUT2D eigenvalue weighted by Gasteiger charge is -2.42. The van der Waals surface area contributed by atoms with Crippen LogP contribution in [0.4, 0.5) is 5.00 Å². The summed E-state index contributed by atoms with van der Waals surface area (Å²) < 4.78 is 0. The lowest BCUT2D eigenvalue weighted by Crippen LogP contribution is -2.55. The summed E-state index contributed by atoms with van der Waals surface area (Å²) in [5.41, 5.74) is 0.301. The zero-order valence-electron chi connectivity index (χ0n) is 13.0. The minimum atomic E-state index is -0.825. The highest BCUT2D eigenvalue weighted by atomic mass is 32.1. The SMILES string of the molecule is O=C(O)CN(CC1CC1)C1CC(NC(=O)c2csc([N+](=O)[O-])c2)C1. The van der Waals surface area contributed by atoms with Crippen LogP contribution in [0.2, 0.25) is 0 Å². The highest BCUT2D eigenvalue weighted by Gasteiger charge is 2.37. The molecule has 2 N–H and O–H groups in total. The number of hydrogen-bond donors (Lipinski definition) is 2. The molecule has 1 aromatic heterocycles. The standard InChI is InChI=1S/C15H19N3O5S/c19-14(20)7-17(6-9-1-2-9)12-4-11(5-12)16-15(21)10-3-13(18(22)23)24-8-10/h3,8-9,11-12H,1-2,4-7H2,(H,16,21)(H,19,20). The van der Waals surface area contributed by atoms with Gasteiger partial charge in [0.1, 0.15) is 0 Å². The van der Waals surface area contributed by atoms with Gasteiger partial charge in [0.25, 0.3) is 5.91 Å². The molecule has 24 heavy (non-hydrogen) atoms. The summed E-state index contributed by atoms with van der Waals surface area (Å²) in [7, 11) is 0. The van der Waals surface area contributed by atoms with Crippen molar-refractivity contribution in [2.24, 2.45) is 5.92 Å². The van der Waals surface area contributed by atoms with Crippen LogP contribution in [-0.2, 0) is 4.79 Å². The molecular formula is C15H19N3O5S. The molecular weight excluding hydrogens is 334 g/mol. The zero-order chi connectivity index (χ0) is 17.3. The Balaban J connectivity index is 1.48. The van der Waals surface area contributed by atoms with Gasteiger partial charge in [-0.25, -0.2) is 0 Å². The van der Waals surface area contributed by atoms with Gasteiger partial charge in [0.05, 0.1) is 17.0 Å². The van der Waals surface area contributed by atoms with Gasteiger partial charge in [-0.15, -0.1) is 0 Å². The van der Waals surface area contributed by atoms with Crippen molar-refractivity contribution < 1.29 is 19.6 Å². The number of aliphatic carboxylic acids is 1. The molecule has 0 saturated heterocycles. The average molecular weight is 353 g/mol. The van der Waals surface area contributed by atoms with E-state index in [0.717, 1.165) is 30.7 Å². The first-order chi connectivity index (χ1) is 11.4. The van der Waals surface area contributed by atoms with Crippen LogP contribution < -0.4 is 5.32 Å². The molecule has 3 rings (SSSR count). The van der Waals surface area contributed by atoms with Gasteiger partial charge >= 0.3 is 11.0 Å². The molecule has 2 aliphatic rings. The Bertz CT molecular complexity index is 651. The van der Waals surface area contributed by atoms with Gasteiger partial charge in [0, 0.05) is 30.1 Å². The largest absolute Gasteiger partial charge is 0.480 e. The second-order valence-electron chi connectivity index (χ2n) is 6.49. The van der Waals surface area contributed by atoms with Gasteiger partial charge in [-0.1, -0.05) is 11.3 Å². The van der Waals surface area contributed by atoms with Crippen LogP contribution in [0.25, 0.3) is 0 Å². The maximum absolute atomic E-state index is 12.1. The molecule has 1 aromatic rings. The second kappa shape index (κ2) is 6.86. The van der Waals surface area contributed by atoms with Gasteiger partial charge in [-0.3, -0.25) is 24.6 Å². The van der Waals surface area contributed by atoms with Crippen LogP contribution in [0.5, 0.6) is 0 Å². The van der Waals surface area contributed by atoms with Crippen LogP contribution in [0.3, 0.4) is 0 Å². The number of nitro groups is 1. The third kappa shape index (κ3) is 4.09. The molecule has 0 radical (unpaired) electrons. The van der Waals surface area contributed by atoms with Crippen LogP contribution >= 0.6 is 11.3 Å². The molecule has 0 atom stereocenters. The number of nitrogens with zero attached hydrogens (tertiary/aromatic N) is 2. The number of carbonyl (C=O) groups excluding carboxylic acids is 1. The monoisotopic (exact) mass is 353 g/mol. The van der Waals surface area contributed by atoms with E-state index in [-0.39, 0.29) is 29.5 Å². The fourth-order valence-electron chi connectivity index (χ4n) is 2.96. The molecule has 0 aromatic carbocycles. The summed E-state index contributed by atoms with van der Waals surface area (Å²) in [6, 6.07) is 1.46. The summed E-state index contributed by atoms with van der Waals surface area (Å²) in [5.74, 6) is -0.521. The summed E-state index contributed by atoms with van der Waals surface area (Å²) in [6.07, 6.45) is 3.77. The van der Waals surface area contributed by atoms with E-state index in [1.54, 1.807) is 0 Å². The number of carbonyl (C=O) groups is 2.